The molecule has 0 fully saturated rings. The summed E-state index contributed by atoms with van der Waals surface area (Å²) < 4.78 is 68.2. The van der Waals surface area contributed by atoms with E-state index in [9.17, 15) is 25.9 Å². The molecule has 0 bridgehead atoms. The summed E-state index contributed by atoms with van der Waals surface area (Å²) in [5.74, 6) is 0. The zero-order chi connectivity index (χ0) is 39.2. The first kappa shape index (κ1) is 39.1. The van der Waals surface area contributed by atoms with Crippen LogP contribution in [0.2, 0.25) is 0 Å². The van der Waals surface area contributed by atoms with Gasteiger partial charge in [-0.05, 0) is 121 Å². The summed E-state index contributed by atoms with van der Waals surface area (Å²) >= 11 is 0. The zero-order valence-corrected chi connectivity index (χ0v) is 32.6. The Morgan fingerprint density at radius 2 is 1.16 bits per heavy atom. The third-order valence-corrected chi connectivity index (χ3v) is 11.2. The van der Waals surface area contributed by atoms with Crippen molar-refractivity contribution in [3.05, 3.63) is 179 Å². The Balaban J connectivity index is 1.33. The molecule has 1 aliphatic rings. The Morgan fingerprint density at radius 3 is 1.69 bits per heavy atom. The Hall–Kier alpha value is -5.59. The van der Waals surface area contributed by atoms with Crippen LogP contribution >= 0.6 is 0 Å². The lowest BCUT2D eigenvalue weighted by atomic mass is 9.90. The van der Waals surface area contributed by atoms with E-state index in [-0.39, 0.29) is 9.79 Å². The fourth-order valence-corrected chi connectivity index (χ4v) is 7.62. The van der Waals surface area contributed by atoms with Gasteiger partial charge in [0.2, 0.25) is 0 Å². The maximum atomic E-state index is 11.7. The summed E-state index contributed by atoms with van der Waals surface area (Å²) in [5.41, 5.74) is 10.7. The van der Waals surface area contributed by atoms with Gasteiger partial charge < -0.3 is 10.2 Å². The van der Waals surface area contributed by atoms with E-state index in [0.717, 1.165) is 56.2 Å². The smallest absolute Gasteiger partial charge is 0.294 e. The van der Waals surface area contributed by atoms with Crippen molar-refractivity contribution in [1.29, 1.82) is 0 Å². The van der Waals surface area contributed by atoms with Crippen molar-refractivity contribution in [3.8, 4) is 0 Å². The summed E-state index contributed by atoms with van der Waals surface area (Å²) in [5, 5.41) is 3.48. The molecule has 5 aromatic carbocycles. The van der Waals surface area contributed by atoms with Gasteiger partial charge in [-0.3, -0.25) is 9.11 Å². The van der Waals surface area contributed by atoms with E-state index in [1.165, 1.54) is 29.8 Å². The Labute approximate surface area is 323 Å². The van der Waals surface area contributed by atoms with Gasteiger partial charge in [0.25, 0.3) is 20.2 Å². The predicted molar refractivity (Wildman–Crippen MR) is 220 cm³/mol. The third-order valence-electron chi connectivity index (χ3n) is 9.46. The first-order valence-electron chi connectivity index (χ1n) is 18.0. The number of anilines is 3. The van der Waals surface area contributed by atoms with Crippen molar-refractivity contribution in [2.75, 3.05) is 23.3 Å². The topological polar surface area (TPSA) is 127 Å². The number of benzene rings is 5. The molecule has 0 aliphatic heterocycles. The fraction of sp³-hybridized carbons (Fsp3) is 0.159. The van der Waals surface area contributed by atoms with Crippen molar-refractivity contribution in [2.45, 2.75) is 43.7 Å². The number of hydrogen-bond donors (Lipinski definition) is 3. The summed E-state index contributed by atoms with van der Waals surface area (Å²) in [6, 6.07) is 37.6. The molecule has 0 amide bonds. The second kappa shape index (κ2) is 16.8. The van der Waals surface area contributed by atoms with Crippen LogP contribution in [0.4, 0.5) is 17.1 Å². The second-order valence-electron chi connectivity index (χ2n) is 13.3. The van der Waals surface area contributed by atoms with Crippen LogP contribution in [-0.4, -0.2) is 49.3 Å². The monoisotopic (exact) mass is 774 g/mol. The fourth-order valence-electron chi connectivity index (χ4n) is 6.52. The molecule has 1 aliphatic carbocycles. The molecule has 0 heterocycles. The largest absolute Gasteiger partial charge is 0.367 e. The highest BCUT2D eigenvalue weighted by atomic mass is 32.2. The summed E-state index contributed by atoms with van der Waals surface area (Å²) in [7, 11) is -8.61. The molecule has 11 heteroatoms. The molecule has 0 saturated carbocycles. The highest BCUT2D eigenvalue weighted by Crippen LogP contribution is 2.33. The summed E-state index contributed by atoms with van der Waals surface area (Å²) in [6.07, 6.45) is 8.31. The van der Waals surface area contributed by atoms with Crippen LogP contribution in [-0.2, 0) is 33.3 Å². The van der Waals surface area contributed by atoms with E-state index in [4.69, 9.17) is 0 Å². The predicted octanol–water partition coefficient (Wildman–Crippen LogP) is 8.86. The van der Waals surface area contributed by atoms with E-state index < -0.39 is 20.2 Å². The number of nitrogens with one attached hydrogen (secondary N) is 1. The van der Waals surface area contributed by atoms with Crippen LogP contribution in [0.3, 0.4) is 0 Å². The van der Waals surface area contributed by atoms with Gasteiger partial charge in [-0.2, -0.15) is 16.8 Å². The molecule has 5 aromatic rings. The van der Waals surface area contributed by atoms with Crippen LogP contribution in [0.1, 0.15) is 41.7 Å². The van der Waals surface area contributed by atoms with Gasteiger partial charge in [0, 0.05) is 47.9 Å². The molecule has 55 heavy (non-hydrogen) atoms. The van der Waals surface area contributed by atoms with Gasteiger partial charge in [0.1, 0.15) is 6.54 Å². The minimum atomic E-state index is -4.31. The van der Waals surface area contributed by atoms with Gasteiger partial charge in [0.15, 0.2) is 12.3 Å². The van der Waals surface area contributed by atoms with Crippen LogP contribution in [0.5, 0.6) is 0 Å². The number of allylic oxidation sites excluding steroid dienone is 5. The maximum absolute atomic E-state index is 11.7. The molecular formula is C44H44N3O6S2+. The van der Waals surface area contributed by atoms with E-state index in [0.29, 0.717) is 26.2 Å². The average molecular weight is 775 g/mol. The van der Waals surface area contributed by atoms with E-state index in [2.05, 4.69) is 119 Å². The Bertz CT molecular complexity index is 2500. The lowest BCUT2D eigenvalue weighted by Gasteiger charge is -2.24. The van der Waals surface area contributed by atoms with Crippen molar-refractivity contribution < 1.29 is 30.5 Å². The first-order valence-corrected chi connectivity index (χ1v) is 20.8. The zero-order valence-electron chi connectivity index (χ0n) is 30.9. The number of aryl methyl sites for hydroxylation is 1. The van der Waals surface area contributed by atoms with Crippen molar-refractivity contribution in [2.24, 2.45) is 0 Å². The van der Waals surface area contributed by atoms with E-state index >= 15 is 0 Å². The number of nitrogens with zero attached hydrogens (tertiary/aromatic N) is 2. The maximum Gasteiger partial charge on any atom is 0.294 e. The third kappa shape index (κ3) is 9.94. The lowest BCUT2D eigenvalue weighted by Crippen LogP contribution is -2.22. The van der Waals surface area contributed by atoms with Crippen molar-refractivity contribution in [1.82, 2.24) is 0 Å². The SMILES string of the molecule is CCN(Cc1cccc(S(=O)(=O)O)c1)c1ccc(C(=C2C=CC(=[N+](CC)Cc3cccc(S(=O)(=O)O)c3)C=C2)c2ccc(Nc3ccc(C)cc3)cc2)cc1. The molecule has 0 atom stereocenters. The van der Waals surface area contributed by atoms with Gasteiger partial charge in [-0.25, -0.2) is 4.58 Å². The van der Waals surface area contributed by atoms with Crippen molar-refractivity contribution in [3.63, 3.8) is 0 Å². The summed E-state index contributed by atoms with van der Waals surface area (Å²) in [6.45, 7) is 8.41. The molecule has 0 aromatic heterocycles. The molecule has 6 rings (SSSR count). The Morgan fingerprint density at radius 1 is 0.655 bits per heavy atom. The molecule has 9 nitrogen and oxygen atoms in total. The van der Waals surface area contributed by atoms with E-state index in [1.807, 2.05) is 26.0 Å². The van der Waals surface area contributed by atoms with Gasteiger partial charge >= 0.3 is 0 Å². The van der Waals surface area contributed by atoms with Crippen LogP contribution in [0.25, 0.3) is 5.57 Å². The average Bonchev–Trinajstić information content (AvgIpc) is 3.18. The molecule has 3 N–H and O–H groups in total. The Kier molecular flexibility index (Phi) is 12.0. The van der Waals surface area contributed by atoms with Gasteiger partial charge in [-0.15, -0.1) is 0 Å². The lowest BCUT2D eigenvalue weighted by molar-refractivity contribution is -0.539. The van der Waals surface area contributed by atoms with Crippen LogP contribution in [0, 0.1) is 6.92 Å². The normalized spacial score (nSPS) is 12.8. The molecule has 0 saturated heterocycles. The minimum absolute atomic E-state index is 0.129. The molecule has 0 unspecified atom stereocenters. The number of rotatable bonds is 13. The highest BCUT2D eigenvalue weighted by Gasteiger charge is 2.18. The van der Waals surface area contributed by atoms with Crippen LogP contribution in [0.15, 0.2) is 161 Å². The first-order chi connectivity index (χ1) is 26.3. The second-order valence-corrected chi connectivity index (χ2v) is 16.2. The van der Waals surface area contributed by atoms with Crippen molar-refractivity contribution >= 4 is 48.6 Å². The standard InChI is InChI=1S/C44H43N3O6S2/c1-4-46(30-33-8-6-10-42(28-33)54(48,49)50)40-24-16-36(17-25-40)44(35-14-22-39(23-15-35)45-38-20-12-32(3)13-21-38)37-18-26-41(27-19-37)47(5-2)31-34-9-7-11-43(29-34)55(51,52)53/h6-29H,4-5,30-31H2,1-3H3,(H2,48,49,50,51,52,53)/p+1. The van der Waals surface area contributed by atoms with Gasteiger partial charge in [-0.1, -0.05) is 66.2 Å². The minimum Gasteiger partial charge on any atom is -0.367 e. The molecular weight excluding hydrogens is 731 g/mol. The highest BCUT2D eigenvalue weighted by molar-refractivity contribution is 7.86. The molecule has 0 spiro atoms. The van der Waals surface area contributed by atoms with Crippen LogP contribution < -0.4 is 10.2 Å². The molecule has 282 valence electrons. The van der Waals surface area contributed by atoms with Gasteiger partial charge in [0.05, 0.1) is 9.79 Å². The quantitative estimate of drug-likeness (QED) is 0.0800. The summed E-state index contributed by atoms with van der Waals surface area (Å²) in [4.78, 5) is 1.88. The number of hydrogen-bond acceptors (Lipinski definition) is 6. The molecule has 0 radical (unpaired) electrons. The van der Waals surface area contributed by atoms with E-state index in [1.54, 1.807) is 12.1 Å².